The molecule has 0 spiro atoms. The fourth-order valence-corrected chi connectivity index (χ4v) is 1.83. The molecule has 1 aromatic heterocycles. The molecule has 2 N–H and O–H groups in total. The van der Waals surface area contributed by atoms with Crippen LogP contribution in [0.2, 0.25) is 0 Å². The first kappa shape index (κ1) is 14.1. The summed E-state index contributed by atoms with van der Waals surface area (Å²) in [5.41, 5.74) is 8.36. The average molecular weight is 235 g/mol. The summed E-state index contributed by atoms with van der Waals surface area (Å²) in [4.78, 5) is 9.19. The van der Waals surface area contributed by atoms with Crippen LogP contribution in [0.15, 0.2) is 6.07 Å². The molecule has 0 radical (unpaired) electrons. The Morgan fingerprint density at radius 3 is 2.41 bits per heavy atom. The van der Waals surface area contributed by atoms with Gasteiger partial charge in [-0.25, -0.2) is 9.97 Å². The Labute approximate surface area is 105 Å². The van der Waals surface area contributed by atoms with Crippen LogP contribution in [-0.4, -0.2) is 9.97 Å². The van der Waals surface area contributed by atoms with Gasteiger partial charge in [0.25, 0.3) is 0 Å². The lowest BCUT2D eigenvalue weighted by atomic mass is 10.1. The first-order valence-corrected chi connectivity index (χ1v) is 6.71. The van der Waals surface area contributed by atoms with Crippen LogP contribution in [0.25, 0.3) is 0 Å². The highest BCUT2D eigenvalue weighted by Crippen LogP contribution is 2.18. The minimum absolute atomic E-state index is 0.0192. The molecule has 96 valence electrons. The van der Waals surface area contributed by atoms with Crippen molar-refractivity contribution >= 4 is 0 Å². The van der Waals surface area contributed by atoms with Crippen molar-refractivity contribution in [2.24, 2.45) is 5.73 Å². The molecule has 0 saturated carbocycles. The van der Waals surface area contributed by atoms with E-state index >= 15 is 0 Å². The molecule has 0 aliphatic rings. The first-order chi connectivity index (χ1) is 8.08. The minimum Gasteiger partial charge on any atom is -0.321 e. The van der Waals surface area contributed by atoms with Crippen LogP contribution in [0, 0.1) is 0 Å². The van der Waals surface area contributed by atoms with Crippen LogP contribution in [0.5, 0.6) is 0 Å². The molecular weight excluding hydrogens is 210 g/mol. The second-order valence-electron chi connectivity index (χ2n) is 4.94. The lowest BCUT2D eigenvalue weighted by Gasteiger charge is -2.14. The molecule has 0 aromatic carbocycles. The molecule has 1 rings (SSSR count). The second kappa shape index (κ2) is 6.70. The summed E-state index contributed by atoms with van der Waals surface area (Å²) in [5, 5.41) is 0. The topological polar surface area (TPSA) is 51.8 Å². The summed E-state index contributed by atoms with van der Waals surface area (Å²) < 4.78 is 0. The number of hydrogen-bond donors (Lipinski definition) is 1. The van der Waals surface area contributed by atoms with Crippen molar-refractivity contribution in [3.63, 3.8) is 0 Å². The van der Waals surface area contributed by atoms with Gasteiger partial charge in [-0.2, -0.15) is 0 Å². The van der Waals surface area contributed by atoms with Crippen molar-refractivity contribution < 1.29 is 0 Å². The Morgan fingerprint density at radius 2 is 1.88 bits per heavy atom. The summed E-state index contributed by atoms with van der Waals surface area (Å²) in [6.07, 6.45) is 4.14. The fraction of sp³-hybridized carbons (Fsp3) is 0.714. The van der Waals surface area contributed by atoms with Gasteiger partial charge >= 0.3 is 0 Å². The highest BCUT2D eigenvalue weighted by atomic mass is 14.9. The van der Waals surface area contributed by atoms with Gasteiger partial charge < -0.3 is 5.73 Å². The molecule has 1 unspecified atom stereocenters. The van der Waals surface area contributed by atoms with E-state index in [1.807, 2.05) is 0 Å². The molecule has 0 fully saturated rings. The normalized spacial score (nSPS) is 13.1. The molecule has 0 aliphatic carbocycles. The monoisotopic (exact) mass is 235 g/mol. The maximum Gasteiger partial charge on any atom is 0.145 e. The van der Waals surface area contributed by atoms with Crippen LogP contribution in [0.3, 0.4) is 0 Å². The predicted octanol–water partition coefficient (Wildman–Crippen LogP) is 3.35. The number of nitrogens with two attached hydrogens (primary N) is 1. The standard InChI is InChI=1S/C14H25N3/c1-5-7-11-9-13(10(3)4)17-14(16-11)12(15)8-6-2/h9-10,12H,5-8,15H2,1-4H3. The van der Waals surface area contributed by atoms with E-state index in [0.29, 0.717) is 5.92 Å². The lowest BCUT2D eigenvalue weighted by Crippen LogP contribution is -2.16. The molecule has 0 amide bonds. The molecule has 0 saturated heterocycles. The molecule has 0 aliphatic heterocycles. The third-order valence-electron chi connectivity index (χ3n) is 2.85. The quantitative estimate of drug-likeness (QED) is 0.822. The van der Waals surface area contributed by atoms with E-state index in [0.717, 1.165) is 42.9 Å². The van der Waals surface area contributed by atoms with E-state index in [2.05, 4.69) is 43.7 Å². The van der Waals surface area contributed by atoms with Crippen LogP contribution in [-0.2, 0) is 6.42 Å². The number of nitrogens with zero attached hydrogens (tertiary/aromatic N) is 2. The van der Waals surface area contributed by atoms with E-state index in [4.69, 9.17) is 5.73 Å². The predicted molar refractivity (Wildman–Crippen MR) is 72.0 cm³/mol. The third-order valence-corrected chi connectivity index (χ3v) is 2.85. The summed E-state index contributed by atoms with van der Waals surface area (Å²) in [5.74, 6) is 1.25. The molecule has 17 heavy (non-hydrogen) atoms. The van der Waals surface area contributed by atoms with E-state index in [9.17, 15) is 0 Å². The number of hydrogen-bond acceptors (Lipinski definition) is 3. The maximum atomic E-state index is 6.11. The Hall–Kier alpha value is -0.960. The third kappa shape index (κ3) is 4.08. The van der Waals surface area contributed by atoms with Gasteiger partial charge in [-0.1, -0.05) is 40.5 Å². The van der Waals surface area contributed by atoms with Gasteiger partial charge in [0.2, 0.25) is 0 Å². The van der Waals surface area contributed by atoms with Crippen molar-refractivity contribution in [3.05, 3.63) is 23.3 Å². The number of aryl methyl sites for hydroxylation is 1. The molecular formula is C14H25N3. The average Bonchev–Trinajstić information content (AvgIpc) is 2.29. The van der Waals surface area contributed by atoms with E-state index in [-0.39, 0.29) is 6.04 Å². The minimum atomic E-state index is -0.0192. The van der Waals surface area contributed by atoms with Gasteiger partial charge in [0, 0.05) is 11.4 Å². The van der Waals surface area contributed by atoms with Crippen molar-refractivity contribution in [2.45, 2.75) is 65.3 Å². The number of aromatic nitrogens is 2. The maximum absolute atomic E-state index is 6.11. The van der Waals surface area contributed by atoms with Crippen molar-refractivity contribution in [3.8, 4) is 0 Å². The Morgan fingerprint density at radius 1 is 1.18 bits per heavy atom. The zero-order valence-electron chi connectivity index (χ0n) is 11.5. The van der Waals surface area contributed by atoms with Crippen molar-refractivity contribution in [2.75, 3.05) is 0 Å². The SMILES string of the molecule is CCCc1cc(C(C)C)nc(C(N)CCC)n1. The first-order valence-electron chi connectivity index (χ1n) is 6.71. The van der Waals surface area contributed by atoms with Gasteiger partial charge in [-0.15, -0.1) is 0 Å². The summed E-state index contributed by atoms with van der Waals surface area (Å²) in [6.45, 7) is 8.63. The molecule has 3 nitrogen and oxygen atoms in total. The highest BCUT2D eigenvalue weighted by Gasteiger charge is 2.12. The zero-order valence-corrected chi connectivity index (χ0v) is 11.5. The molecule has 1 aromatic rings. The van der Waals surface area contributed by atoms with Gasteiger partial charge in [-0.05, 0) is 24.8 Å². The van der Waals surface area contributed by atoms with Crippen molar-refractivity contribution in [1.82, 2.24) is 9.97 Å². The fourth-order valence-electron chi connectivity index (χ4n) is 1.83. The van der Waals surface area contributed by atoms with Gasteiger partial charge in [0.05, 0.1) is 6.04 Å². The van der Waals surface area contributed by atoms with Crippen LogP contribution in [0.1, 0.15) is 76.1 Å². The molecule has 1 heterocycles. The van der Waals surface area contributed by atoms with Gasteiger partial charge in [0.15, 0.2) is 0 Å². The Balaban J connectivity index is 3.02. The second-order valence-corrected chi connectivity index (χ2v) is 4.94. The zero-order chi connectivity index (χ0) is 12.8. The highest BCUT2D eigenvalue weighted by molar-refractivity contribution is 5.16. The van der Waals surface area contributed by atoms with Crippen LogP contribution >= 0.6 is 0 Å². The lowest BCUT2D eigenvalue weighted by molar-refractivity contribution is 0.589. The molecule has 1 atom stereocenters. The Bertz CT molecular complexity index is 347. The van der Waals surface area contributed by atoms with Crippen molar-refractivity contribution in [1.29, 1.82) is 0 Å². The smallest absolute Gasteiger partial charge is 0.145 e. The Kier molecular flexibility index (Phi) is 5.56. The van der Waals surface area contributed by atoms with Crippen LogP contribution in [0.4, 0.5) is 0 Å². The van der Waals surface area contributed by atoms with Gasteiger partial charge in [-0.3, -0.25) is 0 Å². The molecule has 3 heteroatoms. The summed E-state index contributed by atoms with van der Waals surface area (Å²) in [7, 11) is 0. The summed E-state index contributed by atoms with van der Waals surface area (Å²) >= 11 is 0. The van der Waals surface area contributed by atoms with Gasteiger partial charge in [0.1, 0.15) is 5.82 Å². The summed E-state index contributed by atoms with van der Waals surface area (Å²) in [6, 6.07) is 2.10. The molecule has 0 bridgehead atoms. The van der Waals surface area contributed by atoms with Crippen LogP contribution < -0.4 is 5.73 Å². The van der Waals surface area contributed by atoms with E-state index in [1.54, 1.807) is 0 Å². The number of rotatable bonds is 6. The van der Waals surface area contributed by atoms with E-state index in [1.165, 1.54) is 0 Å². The largest absolute Gasteiger partial charge is 0.321 e. The van der Waals surface area contributed by atoms with E-state index < -0.39 is 0 Å².